The molecule has 0 fully saturated rings. The first-order valence-electron chi connectivity index (χ1n) is 5.50. The van der Waals surface area contributed by atoms with Gasteiger partial charge in [0.05, 0.1) is 5.56 Å². The van der Waals surface area contributed by atoms with Gasteiger partial charge in [-0.05, 0) is 30.3 Å². The first-order chi connectivity index (χ1) is 9.06. The van der Waals surface area contributed by atoms with Crippen LogP contribution in [0.15, 0.2) is 36.5 Å². The number of anilines is 1. The van der Waals surface area contributed by atoms with E-state index < -0.39 is 17.5 Å². The zero-order chi connectivity index (χ0) is 13.8. The molecule has 6 heteroatoms. The molecule has 3 N–H and O–H groups in total. The maximum atomic E-state index is 13.4. The van der Waals surface area contributed by atoms with E-state index in [0.717, 1.165) is 18.2 Å². The van der Waals surface area contributed by atoms with Crippen LogP contribution in [0.2, 0.25) is 0 Å². The first-order valence-corrected chi connectivity index (χ1v) is 5.50. The van der Waals surface area contributed by atoms with Crippen LogP contribution in [0.25, 0.3) is 0 Å². The van der Waals surface area contributed by atoms with Crippen LogP contribution in [-0.4, -0.2) is 10.9 Å². The summed E-state index contributed by atoms with van der Waals surface area (Å²) in [5.74, 6) is -1.14. The summed E-state index contributed by atoms with van der Waals surface area (Å²) in [6.45, 7) is 0.0898. The van der Waals surface area contributed by atoms with Gasteiger partial charge in [0.2, 0.25) is 5.91 Å². The van der Waals surface area contributed by atoms with Gasteiger partial charge in [-0.3, -0.25) is 4.79 Å². The summed E-state index contributed by atoms with van der Waals surface area (Å²) < 4.78 is 26.3. The first kappa shape index (κ1) is 12.9. The standard InChI is InChI=1S/C13H11F2N3O/c14-10-2-3-11(15)9(5-10)7-18-12-4-1-8(6-17-12)13(16)19/h1-6H,7H2,(H2,16,19)(H,17,18). The minimum absolute atomic E-state index is 0.0898. The maximum Gasteiger partial charge on any atom is 0.250 e. The van der Waals surface area contributed by atoms with Crippen molar-refractivity contribution in [1.29, 1.82) is 0 Å². The van der Waals surface area contributed by atoms with Crippen LogP contribution in [0.1, 0.15) is 15.9 Å². The molecule has 1 amide bonds. The van der Waals surface area contributed by atoms with Gasteiger partial charge in [0.15, 0.2) is 0 Å². The predicted molar refractivity (Wildman–Crippen MR) is 66.4 cm³/mol. The topological polar surface area (TPSA) is 68.0 Å². The molecule has 0 bridgehead atoms. The highest BCUT2D eigenvalue weighted by atomic mass is 19.1. The molecule has 0 unspecified atom stereocenters. The number of hydrogen-bond donors (Lipinski definition) is 2. The molecule has 0 atom stereocenters. The molecular weight excluding hydrogens is 252 g/mol. The molecule has 1 aromatic carbocycles. The van der Waals surface area contributed by atoms with Gasteiger partial charge in [-0.15, -0.1) is 0 Å². The molecule has 19 heavy (non-hydrogen) atoms. The van der Waals surface area contributed by atoms with Crippen LogP contribution in [0.3, 0.4) is 0 Å². The van der Waals surface area contributed by atoms with E-state index in [-0.39, 0.29) is 17.7 Å². The van der Waals surface area contributed by atoms with E-state index >= 15 is 0 Å². The highest BCUT2D eigenvalue weighted by molar-refractivity contribution is 5.92. The Morgan fingerprint density at radius 3 is 2.68 bits per heavy atom. The van der Waals surface area contributed by atoms with E-state index in [2.05, 4.69) is 10.3 Å². The molecule has 1 heterocycles. The van der Waals surface area contributed by atoms with Gasteiger partial charge in [0.25, 0.3) is 0 Å². The van der Waals surface area contributed by atoms with Gasteiger partial charge in [0.1, 0.15) is 17.5 Å². The number of primary amides is 1. The molecule has 0 aliphatic carbocycles. The second-order valence-electron chi connectivity index (χ2n) is 3.89. The number of carbonyl (C=O) groups excluding carboxylic acids is 1. The maximum absolute atomic E-state index is 13.4. The third kappa shape index (κ3) is 3.25. The average molecular weight is 263 g/mol. The van der Waals surface area contributed by atoms with Crippen LogP contribution < -0.4 is 11.1 Å². The van der Waals surface area contributed by atoms with Crippen molar-refractivity contribution in [2.45, 2.75) is 6.54 Å². The summed E-state index contributed by atoms with van der Waals surface area (Å²) >= 11 is 0. The van der Waals surface area contributed by atoms with Gasteiger partial charge in [-0.1, -0.05) is 0 Å². The summed E-state index contributed by atoms with van der Waals surface area (Å²) in [6.07, 6.45) is 1.31. The molecule has 98 valence electrons. The fraction of sp³-hybridized carbons (Fsp3) is 0.0769. The molecule has 4 nitrogen and oxygen atoms in total. The van der Waals surface area contributed by atoms with Crippen molar-refractivity contribution in [2.75, 3.05) is 5.32 Å². The summed E-state index contributed by atoms with van der Waals surface area (Å²) in [7, 11) is 0. The number of pyridine rings is 1. The number of amides is 1. The second kappa shape index (κ2) is 5.43. The predicted octanol–water partition coefficient (Wildman–Crippen LogP) is 2.07. The Balaban J connectivity index is 2.06. The monoisotopic (exact) mass is 263 g/mol. The van der Waals surface area contributed by atoms with Crippen LogP contribution >= 0.6 is 0 Å². The number of nitrogens with zero attached hydrogens (tertiary/aromatic N) is 1. The molecule has 2 rings (SSSR count). The Morgan fingerprint density at radius 2 is 2.05 bits per heavy atom. The molecule has 0 radical (unpaired) electrons. The van der Waals surface area contributed by atoms with Crippen molar-refractivity contribution < 1.29 is 13.6 Å². The summed E-state index contributed by atoms with van der Waals surface area (Å²) in [4.78, 5) is 14.8. The van der Waals surface area contributed by atoms with Gasteiger partial charge < -0.3 is 11.1 Å². The van der Waals surface area contributed by atoms with Crippen LogP contribution in [0.4, 0.5) is 14.6 Å². The molecule has 1 aromatic heterocycles. The zero-order valence-electron chi connectivity index (χ0n) is 9.86. The average Bonchev–Trinajstić information content (AvgIpc) is 2.40. The largest absolute Gasteiger partial charge is 0.366 e. The Hall–Kier alpha value is -2.50. The Kier molecular flexibility index (Phi) is 3.70. The molecule has 0 aliphatic rings. The summed E-state index contributed by atoms with van der Waals surface area (Å²) in [5.41, 5.74) is 5.55. The molecule has 2 aromatic rings. The van der Waals surface area contributed by atoms with Crippen LogP contribution in [0.5, 0.6) is 0 Å². The number of benzene rings is 1. The van der Waals surface area contributed by atoms with Crippen molar-refractivity contribution in [3.05, 3.63) is 59.3 Å². The highest BCUT2D eigenvalue weighted by Crippen LogP contribution is 2.12. The normalized spacial score (nSPS) is 10.2. The fourth-order valence-corrected chi connectivity index (χ4v) is 1.51. The molecule has 0 saturated heterocycles. The fourth-order valence-electron chi connectivity index (χ4n) is 1.51. The van der Waals surface area contributed by atoms with Gasteiger partial charge in [-0.2, -0.15) is 0 Å². The summed E-state index contributed by atoms with van der Waals surface area (Å²) in [6, 6.07) is 6.27. The quantitative estimate of drug-likeness (QED) is 0.887. The Labute approximate surface area is 108 Å². The van der Waals surface area contributed by atoms with Crippen LogP contribution in [-0.2, 0) is 6.54 Å². The van der Waals surface area contributed by atoms with E-state index in [1.54, 1.807) is 0 Å². The Bertz CT molecular complexity index is 599. The highest BCUT2D eigenvalue weighted by Gasteiger charge is 2.05. The van der Waals surface area contributed by atoms with E-state index in [0.29, 0.717) is 5.82 Å². The smallest absolute Gasteiger partial charge is 0.250 e. The van der Waals surface area contributed by atoms with Crippen molar-refractivity contribution >= 4 is 11.7 Å². The molecule has 0 aliphatic heterocycles. The zero-order valence-corrected chi connectivity index (χ0v) is 9.86. The van der Waals surface area contributed by atoms with Gasteiger partial charge in [-0.25, -0.2) is 13.8 Å². The molecular formula is C13H11F2N3O. The Morgan fingerprint density at radius 1 is 1.26 bits per heavy atom. The molecule has 0 spiro atoms. The van der Waals surface area contributed by atoms with Crippen LogP contribution in [0, 0.1) is 11.6 Å². The van der Waals surface area contributed by atoms with E-state index in [4.69, 9.17) is 5.73 Å². The van der Waals surface area contributed by atoms with Crippen molar-refractivity contribution in [3.8, 4) is 0 Å². The van der Waals surface area contributed by atoms with Crippen molar-refractivity contribution in [2.24, 2.45) is 5.73 Å². The minimum atomic E-state index is -0.574. The second-order valence-corrected chi connectivity index (χ2v) is 3.89. The van der Waals surface area contributed by atoms with E-state index in [9.17, 15) is 13.6 Å². The lowest BCUT2D eigenvalue weighted by Gasteiger charge is -2.07. The van der Waals surface area contributed by atoms with Gasteiger partial charge >= 0.3 is 0 Å². The van der Waals surface area contributed by atoms with Crippen molar-refractivity contribution in [1.82, 2.24) is 4.98 Å². The number of hydrogen-bond acceptors (Lipinski definition) is 3. The van der Waals surface area contributed by atoms with Gasteiger partial charge in [0, 0.05) is 18.3 Å². The SMILES string of the molecule is NC(=O)c1ccc(NCc2cc(F)ccc2F)nc1. The number of nitrogens with one attached hydrogen (secondary N) is 1. The number of halogens is 2. The minimum Gasteiger partial charge on any atom is -0.366 e. The van der Waals surface area contributed by atoms with Crippen molar-refractivity contribution in [3.63, 3.8) is 0 Å². The lowest BCUT2D eigenvalue weighted by molar-refractivity contribution is 0.1000. The lowest BCUT2D eigenvalue weighted by atomic mass is 10.2. The van der Waals surface area contributed by atoms with E-state index in [1.165, 1.54) is 18.3 Å². The number of nitrogens with two attached hydrogens (primary N) is 1. The number of rotatable bonds is 4. The third-order valence-corrected chi connectivity index (χ3v) is 2.52. The lowest BCUT2D eigenvalue weighted by Crippen LogP contribution is -2.11. The third-order valence-electron chi connectivity index (χ3n) is 2.52. The summed E-state index contributed by atoms with van der Waals surface area (Å²) in [5, 5.41) is 2.83. The number of carbonyl (C=O) groups is 1. The van der Waals surface area contributed by atoms with E-state index in [1.807, 2.05) is 0 Å². The molecule has 0 saturated carbocycles. The number of aromatic nitrogens is 1.